The van der Waals surface area contributed by atoms with Crippen LogP contribution >= 0.6 is 22.9 Å². The summed E-state index contributed by atoms with van der Waals surface area (Å²) in [6, 6.07) is 10.00. The Balaban J connectivity index is 1.52. The highest BCUT2D eigenvalue weighted by atomic mass is 35.5. The lowest BCUT2D eigenvalue weighted by Gasteiger charge is -2.22. The predicted molar refractivity (Wildman–Crippen MR) is 99.3 cm³/mol. The zero-order valence-electron chi connectivity index (χ0n) is 13.4. The second kappa shape index (κ2) is 5.92. The molecule has 5 rings (SSSR count). The molecule has 3 aromatic rings. The van der Waals surface area contributed by atoms with E-state index in [2.05, 4.69) is 20.9 Å². The lowest BCUT2D eigenvalue weighted by molar-refractivity contribution is -0.137. The van der Waals surface area contributed by atoms with Gasteiger partial charge in [-0.25, -0.2) is 9.97 Å². The molecule has 0 bridgehead atoms. The Hall–Kier alpha value is -1.73. The molecule has 0 amide bonds. The van der Waals surface area contributed by atoms with Gasteiger partial charge in [0.25, 0.3) is 0 Å². The lowest BCUT2D eigenvalue weighted by Crippen LogP contribution is -2.34. The highest BCUT2D eigenvalue weighted by Gasteiger charge is 2.44. The van der Waals surface area contributed by atoms with Crippen LogP contribution in [-0.2, 0) is 9.47 Å². The minimum absolute atomic E-state index is 0.451. The van der Waals surface area contributed by atoms with Crippen LogP contribution in [0.15, 0.2) is 36.7 Å². The quantitative estimate of drug-likeness (QED) is 0.680. The van der Waals surface area contributed by atoms with Gasteiger partial charge in [-0.2, -0.15) is 0 Å². The molecule has 5 nitrogen and oxygen atoms in total. The van der Waals surface area contributed by atoms with Crippen LogP contribution in [0.2, 0.25) is 5.02 Å². The second-order valence-electron chi connectivity index (χ2n) is 6.31. The van der Waals surface area contributed by atoms with Crippen molar-refractivity contribution in [2.75, 3.05) is 31.2 Å². The van der Waals surface area contributed by atoms with Crippen LogP contribution in [-0.4, -0.2) is 42.1 Å². The van der Waals surface area contributed by atoms with Crippen LogP contribution in [0.4, 0.5) is 5.82 Å². The third kappa shape index (κ3) is 2.69. The Kier molecular flexibility index (Phi) is 3.67. The van der Waals surface area contributed by atoms with Crippen molar-refractivity contribution >= 4 is 39.0 Å². The number of ether oxygens (including phenoxy) is 2. The molecule has 2 saturated heterocycles. The number of aromatic nitrogens is 2. The van der Waals surface area contributed by atoms with Gasteiger partial charge in [-0.3, -0.25) is 0 Å². The van der Waals surface area contributed by atoms with Crippen molar-refractivity contribution in [1.29, 1.82) is 0 Å². The van der Waals surface area contributed by atoms with E-state index < -0.39 is 5.79 Å². The average molecular weight is 374 g/mol. The highest BCUT2D eigenvalue weighted by molar-refractivity contribution is 7.22. The standard InChI is InChI=1S/C18H16ClN3O2S/c19-13-3-1-12(2-4-13)15-9-14-16(25-15)17(21-11-20-14)22-6-5-18(10-22)23-7-8-24-18/h1-4,9,11H,5-8,10H2. The van der Waals surface area contributed by atoms with Crippen molar-refractivity contribution in [3.05, 3.63) is 41.7 Å². The zero-order chi connectivity index (χ0) is 16.9. The molecule has 128 valence electrons. The van der Waals surface area contributed by atoms with Crippen LogP contribution in [0, 0.1) is 0 Å². The first-order valence-electron chi connectivity index (χ1n) is 8.26. The van der Waals surface area contributed by atoms with E-state index in [1.165, 1.54) is 0 Å². The number of hydrogen-bond donors (Lipinski definition) is 0. The minimum atomic E-state index is -0.451. The molecule has 4 heterocycles. The molecular formula is C18H16ClN3O2S. The van der Waals surface area contributed by atoms with Gasteiger partial charge in [0.05, 0.1) is 30.0 Å². The van der Waals surface area contributed by atoms with Crippen molar-refractivity contribution < 1.29 is 9.47 Å². The topological polar surface area (TPSA) is 47.5 Å². The highest BCUT2D eigenvalue weighted by Crippen LogP contribution is 2.40. The Morgan fingerprint density at radius 3 is 2.72 bits per heavy atom. The SMILES string of the molecule is Clc1ccc(-c2cc3ncnc(N4CCC5(C4)OCCO5)c3s2)cc1. The molecule has 2 fully saturated rings. The molecule has 2 aromatic heterocycles. The summed E-state index contributed by atoms with van der Waals surface area (Å²) in [4.78, 5) is 12.4. The fourth-order valence-corrected chi connectivity index (χ4v) is 4.75. The number of benzene rings is 1. The Morgan fingerprint density at radius 2 is 1.92 bits per heavy atom. The van der Waals surface area contributed by atoms with Gasteiger partial charge in [0.1, 0.15) is 12.1 Å². The van der Waals surface area contributed by atoms with E-state index in [1.807, 2.05) is 24.3 Å². The minimum Gasteiger partial charge on any atom is -0.350 e. The van der Waals surface area contributed by atoms with Gasteiger partial charge >= 0.3 is 0 Å². The predicted octanol–water partition coefficient (Wildman–Crippen LogP) is 3.96. The number of fused-ring (bicyclic) bond motifs is 1. The van der Waals surface area contributed by atoms with Gasteiger partial charge in [0.15, 0.2) is 5.79 Å². The van der Waals surface area contributed by atoms with Gasteiger partial charge in [0, 0.05) is 22.9 Å². The fourth-order valence-electron chi connectivity index (χ4n) is 3.49. The van der Waals surface area contributed by atoms with Crippen molar-refractivity contribution in [2.24, 2.45) is 0 Å². The summed E-state index contributed by atoms with van der Waals surface area (Å²) in [5.74, 6) is 0.513. The number of halogens is 1. The normalized spacial score (nSPS) is 19.3. The van der Waals surface area contributed by atoms with E-state index in [9.17, 15) is 0 Å². The third-order valence-corrected chi connectivity index (χ3v) is 6.15. The molecule has 2 aliphatic rings. The molecule has 0 aliphatic carbocycles. The first-order valence-corrected chi connectivity index (χ1v) is 9.45. The summed E-state index contributed by atoms with van der Waals surface area (Å²) >= 11 is 7.71. The van der Waals surface area contributed by atoms with E-state index in [-0.39, 0.29) is 0 Å². The Labute approximate surface area is 154 Å². The molecule has 0 radical (unpaired) electrons. The Morgan fingerprint density at radius 1 is 1.12 bits per heavy atom. The molecule has 2 aliphatic heterocycles. The largest absolute Gasteiger partial charge is 0.350 e. The van der Waals surface area contributed by atoms with E-state index in [1.54, 1.807) is 17.7 Å². The summed E-state index contributed by atoms with van der Waals surface area (Å²) < 4.78 is 12.8. The van der Waals surface area contributed by atoms with E-state index in [0.29, 0.717) is 19.8 Å². The van der Waals surface area contributed by atoms with Crippen molar-refractivity contribution in [1.82, 2.24) is 9.97 Å². The van der Waals surface area contributed by atoms with Gasteiger partial charge in [0.2, 0.25) is 0 Å². The number of hydrogen-bond acceptors (Lipinski definition) is 6. The van der Waals surface area contributed by atoms with Gasteiger partial charge in [-0.1, -0.05) is 23.7 Å². The van der Waals surface area contributed by atoms with Crippen molar-refractivity contribution in [3.63, 3.8) is 0 Å². The van der Waals surface area contributed by atoms with Crippen LogP contribution in [0.1, 0.15) is 6.42 Å². The van der Waals surface area contributed by atoms with E-state index >= 15 is 0 Å². The summed E-state index contributed by atoms with van der Waals surface area (Å²) in [6.45, 7) is 2.94. The zero-order valence-corrected chi connectivity index (χ0v) is 15.0. The molecular weight excluding hydrogens is 358 g/mol. The molecule has 1 spiro atoms. The van der Waals surface area contributed by atoms with Gasteiger partial charge in [-0.15, -0.1) is 11.3 Å². The third-order valence-electron chi connectivity index (χ3n) is 4.73. The van der Waals surface area contributed by atoms with Crippen LogP contribution < -0.4 is 4.90 Å². The first kappa shape index (κ1) is 15.5. The molecule has 7 heteroatoms. The summed E-state index contributed by atoms with van der Waals surface area (Å²) in [5, 5.41) is 0.740. The van der Waals surface area contributed by atoms with Gasteiger partial charge in [-0.05, 0) is 23.8 Å². The smallest absolute Gasteiger partial charge is 0.187 e. The van der Waals surface area contributed by atoms with Crippen LogP contribution in [0.5, 0.6) is 0 Å². The van der Waals surface area contributed by atoms with Crippen molar-refractivity contribution in [3.8, 4) is 10.4 Å². The van der Waals surface area contributed by atoms with E-state index in [0.717, 1.165) is 44.5 Å². The molecule has 0 atom stereocenters. The lowest BCUT2D eigenvalue weighted by atomic mass is 10.2. The summed E-state index contributed by atoms with van der Waals surface area (Å²) in [7, 11) is 0. The molecule has 0 N–H and O–H groups in total. The van der Waals surface area contributed by atoms with Crippen molar-refractivity contribution in [2.45, 2.75) is 12.2 Å². The maximum Gasteiger partial charge on any atom is 0.187 e. The maximum absolute atomic E-state index is 6.00. The number of rotatable bonds is 2. The van der Waals surface area contributed by atoms with Crippen LogP contribution in [0.3, 0.4) is 0 Å². The van der Waals surface area contributed by atoms with Gasteiger partial charge < -0.3 is 14.4 Å². The molecule has 1 aromatic carbocycles. The number of thiophene rings is 1. The maximum atomic E-state index is 6.00. The molecule has 25 heavy (non-hydrogen) atoms. The summed E-state index contributed by atoms with van der Waals surface area (Å²) in [6.07, 6.45) is 2.51. The number of anilines is 1. The number of nitrogens with zero attached hydrogens (tertiary/aromatic N) is 3. The fraction of sp³-hybridized carbons (Fsp3) is 0.333. The van der Waals surface area contributed by atoms with Crippen LogP contribution in [0.25, 0.3) is 20.7 Å². The monoisotopic (exact) mass is 373 g/mol. The second-order valence-corrected chi connectivity index (χ2v) is 7.80. The summed E-state index contributed by atoms with van der Waals surface area (Å²) in [5.41, 5.74) is 2.10. The average Bonchev–Trinajstić information content (AvgIpc) is 3.36. The first-order chi connectivity index (χ1) is 12.2. The molecule has 0 saturated carbocycles. The molecule has 0 unspecified atom stereocenters. The Bertz CT molecular complexity index is 922. The van der Waals surface area contributed by atoms with E-state index in [4.69, 9.17) is 21.1 Å².